The highest BCUT2D eigenvalue weighted by atomic mass is 32.1. The van der Waals surface area contributed by atoms with Crippen molar-refractivity contribution >= 4 is 34.0 Å². The predicted octanol–water partition coefficient (Wildman–Crippen LogP) is 27.9. The zero-order chi connectivity index (χ0) is 77.6. The van der Waals surface area contributed by atoms with Crippen molar-refractivity contribution in [2.24, 2.45) is 7.05 Å². The quantitative estimate of drug-likeness (QED) is 0.146. The molecular formula is C79H142N10O5S3. The number of furan rings is 2. The molecule has 0 bridgehead atoms. The maximum absolute atomic E-state index is 4.83. The monoisotopic (exact) mass is 1410 g/mol. The molecule has 0 fully saturated rings. The molecule has 12 heterocycles. The van der Waals surface area contributed by atoms with Crippen LogP contribution in [0.4, 0.5) is 0 Å². The van der Waals surface area contributed by atoms with Gasteiger partial charge in [-0.1, -0.05) is 172 Å². The lowest BCUT2D eigenvalue weighted by atomic mass is 10.4. The number of rotatable bonds is 0. The first kappa shape index (κ1) is 116. The zero-order valence-electron chi connectivity index (χ0n) is 67.8. The predicted molar refractivity (Wildman–Crippen MR) is 433 cm³/mol. The van der Waals surface area contributed by atoms with Crippen LogP contribution in [0.3, 0.4) is 0 Å². The third kappa shape index (κ3) is 110. The van der Waals surface area contributed by atoms with E-state index in [2.05, 4.69) is 105 Å². The number of aromatic nitrogens is 10. The molecule has 12 aromatic heterocycles. The summed E-state index contributed by atoms with van der Waals surface area (Å²) in [6.07, 6.45) is 28.9. The van der Waals surface area contributed by atoms with Gasteiger partial charge in [0.05, 0.1) is 53.8 Å². The fourth-order valence-electron chi connectivity index (χ4n) is 4.07. The van der Waals surface area contributed by atoms with E-state index >= 15 is 0 Å². The highest BCUT2D eigenvalue weighted by Gasteiger charge is 1.82. The van der Waals surface area contributed by atoms with Crippen molar-refractivity contribution in [3.63, 3.8) is 0 Å². The number of aryl methyl sites for hydroxylation is 12. The smallest absolute Gasteiger partial charge is 0.190 e. The Bertz CT molecular complexity index is 2150. The largest absolute Gasteiger partial charge is 0.472 e. The number of nitrogens with zero attached hydrogens (tertiary/aromatic N) is 8. The van der Waals surface area contributed by atoms with Gasteiger partial charge in [0, 0.05) is 67.1 Å². The van der Waals surface area contributed by atoms with E-state index < -0.39 is 0 Å². The summed E-state index contributed by atoms with van der Waals surface area (Å²) in [6, 6.07) is 22.0. The highest BCUT2D eigenvalue weighted by Crippen LogP contribution is 2.04. The Labute approximate surface area is 607 Å². The molecule has 12 aromatic rings. The third-order valence-corrected chi connectivity index (χ3v) is 10.1. The number of hydrogen-bond acceptors (Lipinski definition) is 15. The summed E-state index contributed by atoms with van der Waals surface area (Å²) >= 11 is 5.18. The number of hydrogen-bond donors (Lipinski definition) is 2. The Hall–Kier alpha value is -7.93. The molecule has 2 N–H and O–H groups in total. The molecule has 0 aliphatic carbocycles. The van der Waals surface area contributed by atoms with Crippen LogP contribution in [0.1, 0.15) is 227 Å². The summed E-state index contributed by atoms with van der Waals surface area (Å²) in [5.41, 5.74) is 6.87. The van der Waals surface area contributed by atoms with Crippen LogP contribution < -0.4 is 0 Å². The van der Waals surface area contributed by atoms with Gasteiger partial charge in [0.2, 0.25) is 0 Å². The van der Waals surface area contributed by atoms with Crippen LogP contribution in [-0.2, 0) is 7.05 Å². The van der Waals surface area contributed by atoms with Crippen molar-refractivity contribution < 1.29 is 22.1 Å². The summed E-state index contributed by atoms with van der Waals surface area (Å²) in [5, 5.41) is 16.4. The lowest BCUT2D eigenvalue weighted by Gasteiger charge is -1.80. The number of oxazole rings is 3. The van der Waals surface area contributed by atoms with Crippen LogP contribution in [0.5, 0.6) is 0 Å². The van der Waals surface area contributed by atoms with Crippen molar-refractivity contribution in [2.75, 3.05) is 0 Å². The van der Waals surface area contributed by atoms with Crippen LogP contribution >= 0.6 is 34.0 Å². The minimum absolute atomic E-state index is 0.718. The molecule has 97 heavy (non-hydrogen) atoms. The molecule has 0 amide bonds. The molecule has 18 heteroatoms. The average Bonchev–Trinajstić information content (AvgIpc) is 4.68. The van der Waals surface area contributed by atoms with E-state index in [1.807, 2.05) is 311 Å². The lowest BCUT2D eigenvalue weighted by Crippen LogP contribution is -1.83. The Morgan fingerprint density at radius 2 is 1.03 bits per heavy atom. The van der Waals surface area contributed by atoms with E-state index in [0.29, 0.717) is 0 Å². The Kier molecular flexibility index (Phi) is 135. The summed E-state index contributed by atoms with van der Waals surface area (Å²) in [5.74, 6) is 2.54. The number of nitrogens with one attached hydrogen (secondary N) is 2. The van der Waals surface area contributed by atoms with Gasteiger partial charge in [0.15, 0.2) is 18.7 Å². The van der Waals surface area contributed by atoms with Gasteiger partial charge in [-0.25, -0.2) is 19.9 Å². The second-order valence-corrected chi connectivity index (χ2v) is 17.8. The molecule has 556 valence electrons. The van der Waals surface area contributed by atoms with Crippen LogP contribution in [0.25, 0.3) is 0 Å². The topological polar surface area (TPSA) is 192 Å². The van der Waals surface area contributed by atoms with Crippen molar-refractivity contribution in [3.8, 4) is 0 Å². The second kappa shape index (κ2) is 112. The summed E-state index contributed by atoms with van der Waals surface area (Å²) < 4.78 is 25.6. The zero-order valence-corrected chi connectivity index (χ0v) is 70.3. The Balaban J connectivity index is -0.0000000790. The van der Waals surface area contributed by atoms with Crippen LogP contribution in [0.15, 0.2) is 217 Å². The van der Waals surface area contributed by atoms with E-state index in [-0.39, 0.29) is 0 Å². The van der Waals surface area contributed by atoms with E-state index in [1.54, 1.807) is 97.0 Å². The SMILES string of the molecule is CC.CC.CC.CC.CC.CC.CC.CC.CC.CC.CC.CC.Cc1cc[nH]c1.Cc1ccc[nH]1.Cc1ccco1.Cc1cccs1.Cc1ccoc1.Cc1ccsc1.Cc1cnco1.Cc1cnncn1.Cc1cocn1.Cc1ncco1.Cc1nccs1.Cn1cccc1. The molecule has 0 aliphatic rings. The number of thiazole rings is 1. The van der Waals surface area contributed by atoms with Crippen molar-refractivity contribution in [3.05, 3.63) is 256 Å². The summed E-state index contributed by atoms with van der Waals surface area (Å²) in [4.78, 5) is 26.2. The molecule has 0 radical (unpaired) electrons. The van der Waals surface area contributed by atoms with Crippen LogP contribution in [0.2, 0.25) is 0 Å². The molecule has 0 aliphatic heterocycles. The maximum Gasteiger partial charge on any atom is 0.190 e. The third-order valence-electron chi connectivity index (χ3n) is 7.76. The van der Waals surface area contributed by atoms with Crippen molar-refractivity contribution in [2.45, 2.75) is 242 Å². The van der Waals surface area contributed by atoms with Gasteiger partial charge in [-0.3, -0.25) is 4.98 Å². The normalized spacial score (nSPS) is 7.38. The first-order chi connectivity index (χ1) is 47.2. The first-order valence-corrected chi connectivity index (χ1v) is 37.2. The second-order valence-electron chi connectivity index (χ2n) is 14.7. The Morgan fingerprint density at radius 3 is 1.16 bits per heavy atom. The van der Waals surface area contributed by atoms with E-state index in [1.165, 1.54) is 46.4 Å². The fraction of sp³-hybridized carbons (Fsp3) is 0.456. The molecular weight excluding hydrogens is 1270 g/mol. The van der Waals surface area contributed by atoms with Gasteiger partial charge in [-0.2, -0.15) is 16.4 Å². The van der Waals surface area contributed by atoms with Gasteiger partial charge in [-0.05, 0) is 163 Å². The standard InChI is InChI=1S/3C5H7N.2C5H6O.2C5H6S.C4H5N3.3C4H5NO.C4H5NS.12C2H6/c1-5-2-3-6-4-5;1-6-4-2-3-5-6;1-5-3-2-4-6-5;1-5-2-3-6-4-5;1-5-3-2-4-6-5;1-5-2-3-6-4-5;1-5-3-2-4-6-5;1-4-2-6-7-3-5-4;1-4-2-6-3-5-4;1-4-2-5-3-6-4;2*1-4-5-2-3-6-4;12*1-2/h2-4,6H,1H3;2-5H,1H3;2-4,6H,1H3;4*2-4H,1H3;2-3H,1H3;4*2-3H,1H3;12*1-2H3. The number of thiophene rings is 2. The first-order valence-electron chi connectivity index (χ1n) is 34.5. The molecule has 0 unspecified atom stereocenters. The van der Waals surface area contributed by atoms with Crippen molar-refractivity contribution in [1.82, 2.24) is 49.7 Å². The molecule has 12 rings (SSSR count). The molecule has 15 nitrogen and oxygen atoms in total. The highest BCUT2D eigenvalue weighted by molar-refractivity contribution is 7.10. The summed E-state index contributed by atoms with van der Waals surface area (Å²) in [7, 11) is 2.00. The minimum Gasteiger partial charge on any atom is -0.472 e. The average molecular weight is 1410 g/mol. The number of H-pyrrole nitrogens is 2. The van der Waals surface area contributed by atoms with E-state index in [4.69, 9.17) is 17.7 Å². The van der Waals surface area contributed by atoms with Gasteiger partial charge in [0.25, 0.3) is 0 Å². The van der Waals surface area contributed by atoms with Crippen molar-refractivity contribution in [1.29, 1.82) is 0 Å². The van der Waals surface area contributed by atoms with E-state index in [0.717, 1.165) is 33.8 Å². The molecule has 0 atom stereocenters. The molecule has 0 spiro atoms. The minimum atomic E-state index is 0.718. The van der Waals surface area contributed by atoms with Crippen LogP contribution in [-0.4, -0.2) is 49.7 Å². The van der Waals surface area contributed by atoms with Gasteiger partial charge in [0.1, 0.15) is 30.4 Å². The summed E-state index contributed by atoms with van der Waals surface area (Å²) in [6.45, 7) is 69.6. The maximum atomic E-state index is 4.83. The molecule has 0 aromatic carbocycles. The fourth-order valence-corrected chi connectivity index (χ4v) is 5.71. The lowest BCUT2D eigenvalue weighted by molar-refractivity contribution is 0.521. The molecule has 0 saturated carbocycles. The molecule has 0 saturated heterocycles. The van der Waals surface area contributed by atoms with Gasteiger partial charge >= 0.3 is 0 Å². The van der Waals surface area contributed by atoms with Gasteiger partial charge in [-0.15, -0.1) is 27.8 Å². The van der Waals surface area contributed by atoms with E-state index in [9.17, 15) is 0 Å². The van der Waals surface area contributed by atoms with Gasteiger partial charge < -0.3 is 36.6 Å². The Morgan fingerprint density at radius 1 is 0.423 bits per heavy atom. The van der Waals surface area contributed by atoms with Crippen LogP contribution in [0, 0.1) is 76.2 Å². The number of aromatic amines is 2.